The Kier molecular flexibility index (Phi) is 7.45. The molecule has 1 N–H and O–H groups in total. The van der Waals surface area contributed by atoms with Crippen molar-refractivity contribution in [1.82, 2.24) is 10.3 Å². The molecule has 3 nitrogen and oxygen atoms in total. The van der Waals surface area contributed by atoms with Gasteiger partial charge in [0.25, 0.3) is 0 Å². The highest BCUT2D eigenvalue weighted by atomic mass is 15.2. The zero-order valence-electron chi connectivity index (χ0n) is 16.4. The summed E-state index contributed by atoms with van der Waals surface area (Å²) in [5.74, 6) is 1.09. The van der Waals surface area contributed by atoms with Gasteiger partial charge in [0.2, 0.25) is 0 Å². The topological polar surface area (TPSA) is 28.2 Å². The molecule has 3 heteroatoms. The van der Waals surface area contributed by atoms with E-state index in [9.17, 15) is 0 Å². The molecule has 0 radical (unpaired) electrons. The average molecular weight is 340 g/mol. The Morgan fingerprint density at radius 3 is 2.32 bits per heavy atom. The third kappa shape index (κ3) is 6.17. The van der Waals surface area contributed by atoms with Crippen LogP contribution in [0.1, 0.15) is 57.9 Å². The molecule has 2 rings (SSSR count). The van der Waals surface area contributed by atoms with Crippen LogP contribution in [0, 0.1) is 0 Å². The number of anilines is 1. The van der Waals surface area contributed by atoms with Gasteiger partial charge in [0.1, 0.15) is 5.82 Å². The van der Waals surface area contributed by atoms with Crippen molar-refractivity contribution in [3.05, 3.63) is 59.3 Å². The van der Waals surface area contributed by atoms with Crippen molar-refractivity contribution in [2.24, 2.45) is 0 Å². The van der Waals surface area contributed by atoms with Gasteiger partial charge in [-0.25, -0.2) is 4.98 Å². The van der Waals surface area contributed by atoms with E-state index in [1.54, 1.807) is 0 Å². The van der Waals surface area contributed by atoms with Crippen LogP contribution in [0.5, 0.6) is 0 Å². The van der Waals surface area contributed by atoms with Gasteiger partial charge in [-0.3, -0.25) is 0 Å². The maximum Gasteiger partial charge on any atom is 0.129 e. The van der Waals surface area contributed by atoms with Crippen LogP contribution in [0.4, 0.5) is 5.82 Å². The third-order valence-corrected chi connectivity index (χ3v) is 4.26. The van der Waals surface area contributed by atoms with Gasteiger partial charge < -0.3 is 10.2 Å². The monoisotopic (exact) mass is 339 g/mol. The van der Waals surface area contributed by atoms with Crippen molar-refractivity contribution < 1.29 is 0 Å². The second-order valence-electron chi connectivity index (χ2n) is 7.32. The summed E-state index contributed by atoms with van der Waals surface area (Å²) < 4.78 is 0. The van der Waals surface area contributed by atoms with Crippen molar-refractivity contribution >= 4 is 5.82 Å². The first-order valence-corrected chi connectivity index (χ1v) is 9.53. The second kappa shape index (κ2) is 9.57. The van der Waals surface area contributed by atoms with E-state index in [0.717, 1.165) is 31.7 Å². The van der Waals surface area contributed by atoms with E-state index in [1.807, 2.05) is 0 Å². The van der Waals surface area contributed by atoms with Gasteiger partial charge >= 0.3 is 0 Å². The van der Waals surface area contributed by atoms with Crippen molar-refractivity contribution in [3.63, 3.8) is 0 Å². The molecule has 0 aliphatic heterocycles. The van der Waals surface area contributed by atoms with Gasteiger partial charge in [-0.15, -0.1) is 0 Å². The van der Waals surface area contributed by atoms with Crippen LogP contribution in [0.2, 0.25) is 0 Å². The highest BCUT2D eigenvalue weighted by molar-refractivity contribution is 5.44. The Balaban J connectivity index is 2.30. The van der Waals surface area contributed by atoms with Crippen LogP contribution in [-0.2, 0) is 19.5 Å². The van der Waals surface area contributed by atoms with Crippen molar-refractivity contribution in [3.8, 4) is 0 Å². The fraction of sp³-hybridized carbons (Fsp3) is 0.500. The minimum atomic E-state index is 0.399. The lowest BCUT2D eigenvalue weighted by atomic mass is 10.1. The largest absolute Gasteiger partial charge is 0.350 e. The quantitative estimate of drug-likeness (QED) is 0.701. The fourth-order valence-corrected chi connectivity index (χ4v) is 2.90. The number of hydrogen-bond acceptors (Lipinski definition) is 3. The van der Waals surface area contributed by atoms with E-state index < -0.39 is 0 Å². The molecule has 0 atom stereocenters. The Bertz CT molecular complexity index is 635. The molecule has 0 bridgehead atoms. The lowest BCUT2D eigenvalue weighted by molar-refractivity contribution is 0.587. The highest BCUT2D eigenvalue weighted by Crippen LogP contribution is 2.21. The molecule has 1 aromatic carbocycles. The summed E-state index contributed by atoms with van der Waals surface area (Å²) in [7, 11) is 0. The first-order chi connectivity index (χ1) is 12.0. The van der Waals surface area contributed by atoms with E-state index in [2.05, 4.69) is 87.3 Å². The van der Waals surface area contributed by atoms with Crippen LogP contribution in [-0.4, -0.2) is 17.1 Å². The molecule has 0 saturated heterocycles. The zero-order chi connectivity index (χ0) is 18.2. The van der Waals surface area contributed by atoms with E-state index in [0.29, 0.717) is 12.1 Å². The standard InChI is InChI=1S/C22H33N3/c1-6-10-21-13-20(15-23-17(2)3)14-22(24-21)25(18(4)5)16-19-11-8-7-9-12-19/h7-9,11-14,17-18,23H,6,10,15-16H2,1-5H3. The van der Waals surface area contributed by atoms with Gasteiger partial charge in [0, 0.05) is 30.9 Å². The minimum Gasteiger partial charge on any atom is -0.350 e. The lowest BCUT2D eigenvalue weighted by Gasteiger charge is -2.29. The van der Waals surface area contributed by atoms with Crippen LogP contribution in [0.25, 0.3) is 0 Å². The number of hydrogen-bond donors (Lipinski definition) is 1. The molecule has 0 aliphatic rings. The van der Waals surface area contributed by atoms with E-state index in [-0.39, 0.29) is 0 Å². The molecule has 2 aromatic rings. The predicted molar refractivity (Wildman–Crippen MR) is 108 cm³/mol. The summed E-state index contributed by atoms with van der Waals surface area (Å²) >= 11 is 0. The second-order valence-corrected chi connectivity index (χ2v) is 7.32. The number of aryl methyl sites for hydroxylation is 1. The van der Waals surface area contributed by atoms with Crippen LogP contribution >= 0.6 is 0 Å². The SMILES string of the molecule is CCCc1cc(CNC(C)C)cc(N(Cc2ccccc2)C(C)C)n1. The number of aromatic nitrogens is 1. The first kappa shape index (κ1) is 19.5. The third-order valence-electron chi connectivity index (χ3n) is 4.26. The molecule has 1 heterocycles. The molecular weight excluding hydrogens is 306 g/mol. The summed E-state index contributed by atoms with van der Waals surface area (Å²) in [6.07, 6.45) is 2.15. The number of nitrogens with one attached hydrogen (secondary N) is 1. The summed E-state index contributed by atoms with van der Waals surface area (Å²) in [6, 6.07) is 16.0. The van der Waals surface area contributed by atoms with Crippen molar-refractivity contribution in [2.45, 2.75) is 72.6 Å². The van der Waals surface area contributed by atoms with Gasteiger partial charge in [-0.05, 0) is 43.5 Å². The van der Waals surface area contributed by atoms with E-state index in [4.69, 9.17) is 4.98 Å². The molecule has 0 amide bonds. The van der Waals surface area contributed by atoms with Crippen molar-refractivity contribution in [2.75, 3.05) is 4.90 Å². The summed E-state index contributed by atoms with van der Waals surface area (Å²) in [5.41, 5.74) is 3.83. The maximum absolute atomic E-state index is 4.97. The molecule has 25 heavy (non-hydrogen) atoms. The predicted octanol–water partition coefficient (Wildman–Crippen LogP) is 4.95. The van der Waals surface area contributed by atoms with Gasteiger partial charge in [-0.1, -0.05) is 57.5 Å². The molecule has 1 aromatic heterocycles. The molecular formula is C22H33N3. The van der Waals surface area contributed by atoms with Crippen molar-refractivity contribution in [1.29, 1.82) is 0 Å². The maximum atomic E-state index is 4.97. The summed E-state index contributed by atoms with van der Waals surface area (Å²) in [6.45, 7) is 12.8. The normalized spacial score (nSPS) is 11.3. The highest BCUT2D eigenvalue weighted by Gasteiger charge is 2.15. The Hall–Kier alpha value is -1.87. The zero-order valence-corrected chi connectivity index (χ0v) is 16.4. The molecule has 0 saturated carbocycles. The minimum absolute atomic E-state index is 0.399. The molecule has 0 spiro atoms. The fourth-order valence-electron chi connectivity index (χ4n) is 2.90. The lowest BCUT2D eigenvalue weighted by Crippen LogP contribution is -2.31. The van der Waals surface area contributed by atoms with Crippen LogP contribution in [0.15, 0.2) is 42.5 Å². The average Bonchev–Trinajstić information content (AvgIpc) is 2.58. The molecule has 0 unspecified atom stereocenters. The molecule has 136 valence electrons. The first-order valence-electron chi connectivity index (χ1n) is 9.53. The van der Waals surface area contributed by atoms with Crippen LogP contribution in [0.3, 0.4) is 0 Å². The van der Waals surface area contributed by atoms with E-state index >= 15 is 0 Å². The molecule has 0 fully saturated rings. The Morgan fingerprint density at radius 2 is 1.72 bits per heavy atom. The van der Waals surface area contributed by atoms with Gasteiger partial charge in [0.05, 0.1) is 0 Å². The Morgan fingerprint density at radius 1 is 1.00 bits per heavy atom. The molecule has 0 aliphatic carbocycles. The smallest absolute Gasteiger partial charge is 0.129 e. The van der Waals surface area contributed by atoms with E-state index in [1.165, 1.54) is 16.8 Å². The Labute approximate surface area is 153 Å². The van der Waals surface area contributed by atoms with Crippen LogP contribution < -0.4 is 10.2 Å². The van der Waals surface area contributed by atoms with Gasteiger partial charge in [-0.2, -0.15) is 0 Å². The summed E-state index contributed by atoms with van der Waals surface area (Å²) in [5, 5.41) is 3.53. The number of pyridine rings is 1. The van der Waals surface area contributed by atoms with Gasteiger partial charge in [0.15, 0.2) is 0 Å². The number of nitrogens with zero attached hydrogens (tertiary/aromatic N) is 2. The number of rotatable bonds is 9. The number of benzene rings is 1. The summed E-state index contributed by atoms with van der Waals surface area (Å²) in [4.78, 5) is 7.36.